The second-order valence-electron chi connectivity index (χ2n) is 8.05. The summed E-state index contributed by atoms with van der Waals surface area (Å²) in [5.74, 6) is -0.00980. The van der Waals surface area contributed by atoms with Gasteiger partial charge in [0.1, 0.15) is 30.0 Å². The van der Waals surface area contributed by atoms with Gasteiger partial charge in [-0.3, -0.25) is 4.79 Å². The van der Waals surface area contributed by atoms with Crippen molar-refractivity contribution in [3.8, 4) is 11.3 Å². The van der Waals surface area contributed by atoms with E-state index in [-0.39, 0.29) is 12.5 Å². The van der Waals surface area contributed by atoms with Crippen LogP contribution in [0.5, 0.6) is 0 Å². The van der Waals surface area contributed by atoms with Crippen LogP contribution in [0, 0.1) is 0 Å². The van der Waals surface area contributed by atoms with Crippen molar-refractivity contribution in [3.05, 3.63) is 35.4 Å². The fraction of sp³-hybridized carbons (Fsp3) is 0.300. The minimum atomic E-state index is -0.551. The Morgan fingerprint density at radius 1 is 1.37 bits per heavy atom. The lowest BCUT2D eigenvalue weighted by Crippen LogP contribution is -2.49. The molecule has 0 saturated heterocycles. The van der Waals surface area contributed by atoms with Crippen LogP contribution in [0.15, 0.2) is 24.7 Å². The van der Waals surface area contributed by atoms with Gasteiger partial charge in [-0.2, -0.15) is 0 Å². The summed E-state index contributed by atoms with van der Waals surface area (Å²) in [5, 5.41) is 11.4. The van der Waals surface area contributed by atoms with Gasteiger partial charge in [-0.1, -0.05) is 11.6 Å². The lowest BCUT2D eigenvalue weighted by Gasteiger charge is -2.40. The molecule has 30 heavy (non-hydrogen) atoms. The number of fused-ring (bicyclic) bond motifs is 4. The molecule has 0 aromatic carbocycles. The van der Waals surface area contributed by atoms with E-state index in [0.717, 1.165) is 16.6 Å². The fourth-order valence-electron chi connectivity index (χ4n) is 4.47. The number of nitrogen functional groups attached to an aromatic ring is 1. The summed E-state index contributed by atoms with van der Waals surface area (Å²) in [5.41, 5.74) is 9.36. The largest absolute Gasteiger partial charge is 0.387 e. The van der Waals surface area contributed by atoms with E-state index in [1.165, 1.54) is 6.33 Å². The van der Waals surface area contributed by atoms with Crippen LogP contribution < -0.4 is 5.73 Å². The van der Waals surface area contributed by atoms with Crippen molar-refractivity contribution in [2.75, 3.05) is 18.9 Å². The maximum Gasteiger partial charge on any atom is 0.248 e. The number of aliphatic hydroxyl groups is 1. The number of hydrogen-bond donors (Lipinski definition) is 3. The summed E-state index contributed by atoms with van der Waals surface area (Å²) in [6.07, 6.45) is 3.12. The third-order valence-electron chi connectivity index (χ3n) is 5.65. The van der Waals surface area contributed by atoms with E-state index in [1.807, 2.05) is 26.0 Å². The first kappa shape index (κ1) is 18.8. The molecule has 0 unspecified atom stereocenters. The number of H-pyrrole nitrogens is 1. The van der Waals surface area contributed by atoms with Gasteiger partial charge in [0, 0.05) is 29.4 Å². The Kier molecular flexibility index (Phi) is 4.03. The molecule has 0 radical (unpaired) electrons. The molecule has 154 valence electrons. The second kappa shape index (κ2) is 6.41. The number of nitrogens with one attached hydrogen (secondary N) is 1. The summed E-state index contributed by atoms with van der Waals surface area (Å²) in [4.78, 5) is 30.4. The molecule has 10 heteroatoms. The number of nitrogens with zero attached hydrogens (tertiary/aromatic N) is 5. The maximum absolute atomic E-state index is 12.4. The minimum Gasteiger partial charge on any atom is -0.387 e. The highest BCUT2D eigenvalue weighted by Gasteiger charge is 2.39. The van der Waals surface area contributed by atoms with Gasteiger partial charge in [0.2, 0.25) is 5.91 Å². The van der Waals surface area contributed by atoms with Crippen LogP contribution in [0.2, 0.25) is 5.02 Å². The van der Waals surface area contributed by atoms with Gasteiger partial charge < -0.3 is 25.3 Å². The minimum absolute atomic E-state index is 0.285. The normalized spacial score (nSPS) is 15.7. The standard InChI is InChI=1S/C20H20ClN7O2/c1-20(2)8-27(12(30)7-29)6-11-13(14-17(22)24-9-25-19(14)28(11)20)16-15(21)10-4-3-5-23-18(10)26-16/h3-5,9,29H,6-8H2,1-2H3,(H,23,26)(H2,22,24,25). The molecule has 1 amide bonds. The van der Waals surface area contributed by atoms with Crippen LogP contribution in [0.4, 0.5) is 5.82 Å². The number of amides is 1. The lowest BCUT2D eigenvalue weighted by molar-refractivity contribution is -0.137. The van der Waals surface area contributed by atoms with E-state index < -0.39 is 12.1 Å². The van der Waals surface area contributed by atoms with Gasteiger partial charge >= 0.3 is 0 Å². The Balaban J connectivity index is 1.89. The molecule has 0 aliphatic carbocycles. The number of aromatic nitrogens is 5. The van der Waals surface area contributed by atoms with Gasteiger partial charge in [-0.15, -0.1) is 0 Å². The van der Waals surface area contributed by atoms with Crippen molar-refractivity contribution >= 4 is 45.4 Å². The zero-order valence-electron chi connectivity index (χ0n) is 16.5. The van der Waals surface area contributed by atoms with Crippen molar-refractivity contribution < 1.29 is 9.90 Å². The first-order chi connectivity index (χ1) is 14.3. The van der Waals surface area contributed by atoms with Crippen molar-refractivity contribution in [1.29, 1.82) is 0 Å². The highest BCUT2D eigenvalue weighted by atomic mass is 35.5. The average molecular weight is 426 g/mol. The van der Waals surface area contributed by atoms with E-state index in [2.05, 4.69) is 24.5 Å². The first-order valence-electron chi connectivity index (χ1n) is 9.49. The monoisotopic (exact) mass is 425 g/mol. The van der Waals surface area contributed by atoms with E-state index in [4.69, 9.17) is 17.3 Å². The molecule has 0 bridgehead atoms. The number of nitrogens with two attached hydrogens (primary N) is 1. The quantitative estimate of drug-likeness (QED) is 0.452. The van der Waals surface area contributed by atoms with Crippen LogP contribution in [-0.4, -0.2) is 53.6 Å². The highest BCUT2D eigenvalue weighted by molar-refractivity contribution is 6.38. The molecule has 5 heterocycles. The summed E-state index contributed by atoms with van der Waals surface area (Å²) in [7, 11) is 0. The number of hydrogen-bond acceptors (Lipinski definition) is 6. The van der Waals surface area contributed by atoms with Crippen molar-refractivity contribution in [3.63, 3.8) is 0 Å². The fourth-order valence-corrected chi connectivity index (χ4v) is 4.76. The highest BCUT2D eigenvalue weighted by Crippen LogP contribution is 2.45. The summed E-state index contributed by atoms with van der Waals surface area (Å²) < 4.78 is 2.09. The Morgan fingerprint density at radius 2 is 2.17 bits per heavy atom. The van der Waals surface area contributed by atoms with Crippen LogP contribution >= 0.6 is 11.6 Å². The number of halogens is 1. The second-order valence-corrected chi connectivity index (χ2v) is 8.43. The van der Waals surface area contributed by atoms with E-state index in [9.17, 15) is 9.90 Å². The SMILES string of the molecule is CC1(C)CN(C(=O)CO)Cc2c(-c3[nH]c4ncccc4c3Cl)c3c(N)ncnc3n21. The predicted octanol–water partition coefficient (Wildman–Crippen LogP) is 2.28. The van der Waals surface area contributed by atoms with E-state index in [0.29, 0.717) is 39.8 Å². The van der Waals surface area contributed by atoms with Crippen molar-refractivity contribution in [2.45, 2.75) is 25.9 Å². The zero-order valence-corrected chi connectivity index (χ0v) is 17.2. The molecule has 4 aromatic rings. The average Bonchev–Trinajstić information content (AvgIpc) is 3.23. The molecule has 1 aliphatic heterocycles. The number of aromatic amines is 1. The summed E-state index contributed by atoms with van der Waals surface area (Å²) >= 11 is 6.76. The molecule has 9 nitrogen and oxygen atoms in total. The van der Waals surface area contributed by atoms with Gasteiger partial charge in [0.05, 0.1) is 28.2 Å². The number of rotatable bonds is 2. The third kappa shape index (κ3) is 2.52. The summed E-state index contributed by atoms with van der Waals surface area (Å²) in [6, 6.07) is 3.71. The van der Waals surface area contributed by atoms with Gasteiger partial charge in [-0.25, -0.2) is 15.0 Å². The lowest BCUT2D eigenvalue weighted by atomic mass is 9.99. The van der Waals surface area contributed by atoms with Gasteiger partial charge in [0.25, 0.3) is 0 Å². The van der Waals surface area contributed by atoms with Crippen LogP contribution in [0.3, 0.4) is 0 Å². The Morgan fingerprint density at radius 3 is 2.90 bits per heavy atom. The summed E-state index contributed by atoms with van der Waals surface area (Å²) in [6.45, 7) is 4.19. The maximum atomic E-state index is 12.4. The third-order valence-corrected chi connectivity index (χ3v) is 6.04. The molecular formula is C20H20ClN7O2. The molecule has 0 atom stereocenters. The van der Waals surface area contributed by atoms with Crippen molar-refractivity contribution in [1.82, 2.24) is 29.4 Å². The topological polar surface area (TPSA) is 126 Å². The molecule has 4 aromatic heterocycles. The molecule has 0 fully saturated rings. The smallest absolute Gasteiger partial charge is 0.248 e. The molecule has 0 spiro atoms. The molecule has 0 saturated carbocycles. The Labute approximate surface area is 176 Å². The van der Waals surface area contributed by atoms with E-state index >= 15 is 0 Å². The molecular weight excluding hydrogens is 406 g/mol. The number of pyridine rings is 1. The number of anilines is 1. The van der Waals surface area contributed by atoms with Crippen LogP contribution in [0.1, 0.15) is 19.5 Å². The van der Waals surface area contributed by atoms with Crippen molar-refractivity contribution in [2.24, 2.45) is 0 Å². The first-order valence-corrected chi connectivity index (χ1v) is 9.86. The molecule has 1 aliphatic rings. The van der Waals surface area contributed by atoms with E-state index in [1.54, 1.807) is 11.1 Å². The zero-order chi connectivity index (χ0) is 21.2. The Hall–Kier alpha value is -3.17. The van der Waals surface area contributed by atoms with Crippen LogP contribution in [-0.2, 0) is 16.9 Å². The van der Waals surface area contributed by atoms with Gasteiger partial charge in [-0.05, 0) is 26.0 Å². The predicted molar refractivity (Wildman–Crippen MR) is 114 cm³/mol. The number of carbonyl (C=O) groups excluding carboxylic acids is 1. The Bertz CT molecular complexity index is 1320. The van der Waals surface area contributed by atoms with Gasteiger partial charge in [0.15, 0.2) is 0 Å². The molecule has 5 rings (SSSR count). The number of aliphatic hydroxyl groups excluding tert-OH is 1. The molecule has 4 N–H and O–H groups in total. The van der Waals surface area contributed by atoms with Crippen LogP contribution in [0.25, 0.3) is 33.3 Å². The number of carbonyl (C=O) groups is 1.